The third kappa shape index (κ3) is 6.37. The number of halogens is 1. The van der Waals surface area contributed by atoms with E-state index in [1.54, 1.807) is 18.9 Å². The van der Waals surface area contributed by atoms with Crippen LogP contribution in [0.5, 0.6) is 5.75 Å². The van der Waals surface area contributed by atoms with Crippen molar-refractivity contribution in [3.05, 3.63) is 64.1 Å². The minimum Gasteiger partial charge on any atom is -0.497 e. The van der Waals surface area contributed by atoms with Crippen molar-refractivity contribution < 1.29 is 14.3 Å². The van der Waals surface area contributed by atoms with Gasteiger partial charge in [-0.2, -0.15) is 0 Å². The Morgan fingerprint density at radius 1 is 1.14 bits per heavy atom. The van der Waals surface area contributed by atoms with Crippen LogP contribution in [0.2, 0.25) is 0 Å². The molecule has 0 radical (unpaired) electrons. The van der Waals surface area contributed by atoms with Crippen molar-refractivity contribution in [3.63, 3.8) is 0 Å². The van der Waals surface area contributed by atoms with Gasteiger partial charge in [0.1, 0.15) is 11.8 Å². The Labute approximate surface area is 175 Å². The molecule has 0 aliphatic carbocycles. The summed E-state index contributed by atoms with van der Waals surface area (Å²) in [5.74, 6) is 0.513. The Morgan fingerprint density at radius 2 is 1.86 bits per heavy atom. The van der Waals surface area contributed by atoms with E-state index in [1.165, 1.54) is 0 Å². The van der Waals surface area contributed by atoms with E-state index in [-0.39, 0.29) is 18.2 Å². The fourth-order valence-corrected chi connectivity index (χ4v) is 3.28. The highest BCUT2D eigenvalue weighted by Gasteiger charge is 2.26. The van der Waals surface area contributed by atoms with Gasteiger partial charge in [0.25, 0.3) is 0 Å². The van der Waals surface area contributed by atoms with Crippen LogP contribution in [0.15, 0.2) is 53.0 Å². The molecule has 0 aliphatic heterocycles. The standard InChI is InChI=1S/C22H27BrN2O3/c1-4-12-24-22(27)16(2)25(15-18-6-5-7-19(23)13-18)21(26)14-17-8-10-20(28-3)11-9-17/h5-11,13,16H,4,12,14-15H2,1-3H3,(H,24,27)/t16-/m1/s1. The van der Waals surface area contributed by atoms with Crippen LogP contribution >= 0.6 is 15.9 Å². The van der Waals surface area contributed by atoms with E-state index >= 15 is 0 Å². The molecule has 0 spiro atoms. The lowest BCUT2D eigenvalue weighted by Crippen LogP contribution is -2.48. The molecule has 2 aromatic rings. The summed E-state index contributed by atoms with van der Waals surface area (Å²) in [6.45, 7) is 4.74. The topological polar surface area (TPSA) is 58.6 Å². The molecule has 0 heterocycles. The SMILES string of the molecule is CCCNC(=O)[C@@H](C)N(Cc1cccc(Br)c1)C(=O)Cc1ccc(OC)cc1. The Hall–Kier alpha value is -2.34. The highest BCUT2D eigenvalue weighted by atomic mass is 79.9. The monoisotopic (exact) mass is 446 g/mol. The Morgan fingerprint density at radius 3 is 2.46 bits per heavy atom. The molecule has 150 valence electrons. The molecule has 6 heteroatoms. The van der Waals surface area contributed by atoms with E-state index in [4.69, 9.17) is 4.74 Å². The second-order valence-corrected chi connectivity index (χ2v) is 7.56. The minimum absolute atomic E-state index is 0.0932. The maximum absolute atomic E-state index is 13.1. The summed E-state index contributed by atoms with van der Waals surface area (Å²) in [7, 11) is 1.61. The summed E-state index contributed by atoms with van der Waals surface area (Å²) in [4.78, 5) is 27.2. The van der Waals surface area contributed by atoms with E-state index in [2.05, 4.69) is 21.2 Å². The molecule has 2 amide bonds. The normalized spacial score (nSPS) is 11.6. The highest BCUT2D eigenvalue weighted by molar-refractivity contribution is 9.10. The van der Waals surface area contributed by atoms with Crippen molar-refractivity contribution in [1.82, 2.24) is 10.2 Å². The maximum atomic E-state index is 13.1. The fourth-order valence-electron chi connectivity index (χ4n) is 2.83. The van der Waals surface area contributed by atoms with Crippen molar-refractivity contribution in [1.29, 1.82) is 0 Å². The smallest absolute Gasteiger partial charge is 0.242 e. The summed E-state index contributed by atoms with van der Waals surface area (Å²) >= 11 is 3.46. The number of hydrogen-bond donors (Lipinski definition) is 1. The fraction of sp³-hybridized carbons (Fsp3) is 0.364. The first kappa shape index (κ1) is 22.0. The van der Waals surface area contributed by atoms with Crippen molar-refractivity contribution in [2.75, 3.05) is 13.7 Å². The molecule has 1 N–H and O–H groups in total. The van der Waals surface area contributed by atoms with Gasteiger partial charge in [0, 0.05) is 17.6 Å². The number of nitrogens with one attached hydrogen (secondary N) is 1. The lowest BCUT2D eigenvalue weighted by Gasteiger charge is -2.29. The van der Waals surface area contributed by atoms with Gasteiger partial charge in [0.2, 0.25) is 11.8 Å². The van der Waals surface area contributed by atoms with Gasteiger partial charge in [-0.05, 0) is 48.7 Å². The van der Waals surface area contributed by atoms with Gasteiger partial charge in [0.15, 0.2) is 0 Å². The van der Waals surface area contributed by atoms with E-state index in [9.17, 15) is 9.59 Å². The largest absolute Gasteiger partial charge is 0.497 e. The van der Waals surface area contributed by atoms with Crippen LogP contribution in [0, 0.1) is 0 Å². The zero-order valence-electron chi connectivity index (χ0n) is 16.6. The van der Waals surface area contributed by atoms with Crippen LogP contribution in [-0.2, 0) is 22.6 Å². The van der Waals surface area contributed by atoms with Crippen molar-refractivity contribution in [2.24, 2.45) is 0 Å². The van der Waals surface area contributed by atoms with Crippen molar-refractivity contribution >= 4 is 27.7 Å². The number of carbonyl (C=O) groups is 2. The average molecular weight is 447 g/mol. The first-order valence-electron chi connectivity index (χ1n) is 9.39. The predicted molar refractivity (Wildman–Crippen MR) is 114 cm³/mol. The summed E-state index contributed by atoms with van der Waals surface area (Å²) in [6.07, 6.45) is 1.08. The third-order valence-corrected chi connectivity index (χ3v) is 4.97. The van der Waals surface area contributed by atoms with Gasteiger partial charge in [-0.1, -0.05) is 47.1 Å². The summed E-state index contributed by atoms with van der Waals surface area (Å²) in [5.41, 5.74) is 1.85. The van der Waals surface area contributed by atoms with Crippen LogP contribution < -0.4 is 10.1 Å². The first-order valence-corrected chi connectivity index (χ1v) is 10.2. The third-order valence-electron chi connectivity index (χ3n) is 4.47. The lowest BCUT2D eigenvalue weighted by atomic mass is 10.1. The zero-order valence-corrected chi connectivity index (χ0v) is 18.2. The van der Waals surface area contributed by atoms with E-state index in [0.29, 0.717) is 13.1 Å². The van der Waals surface area contributed by atoms with Gasteiger partial charge >= 0.3 is 0 Å². The second kappa shape index (κ2) is 10.9. The van der Waals surface area contributed by atoms with Crippen LogP contribution in [0.25, 0.3) is 0 Å². The number of carbonyl (C=O) groups excluding carboxylic acids is 2. The van der Waals surface area contributed by atoms with Gasteiger partial charge in [-0.3, -0.25) is 9.59 Å². The number of benzene rings is 2. The van der Waals surface area contributed by atoms with E-state index in [0.717, 1.165) is 27.8 Å². The van der Waals surface area contributed by atoms with Gasteiger partial charge < -0.3 is 15.0 Å². The molecular weight excluding hydrogens is 420 g/mol. The Balaban J connectivity index is 2.19. The lowest BCUT2D eigenvalue weighted by molar-refractivity contribution is -0.140. The van der Waals surface area contributed by atoms with Crippen molar-refractivity contribution in [3.8, 4) is 5.75 Å². The molecule has 2 rings (SSSR count). The number of amides is 2. The molecule has 1 atom stereocenters. The Kier molecular flexibility index (Phi) is 8.51. The van der Waals surface area contributed by atoms with Gasteiger partial charge in [0.05, 0.1) is 13.5 Å². The number of methoxy groups -OCH3 is 1. The number of rotatable bonds is 9. The molecule has 0 unspecified atom stereocenters. The summed E-state index contributed by atoms with van der Waals surface area (Å²) in [6, 6.07) is 14.6. The minimum atomic E-state index is -0.559. The second-order valence-electron chi connectivity index (χ2n) is 6.64. The van der Waals surface area contributed by atoms with Crippen LogP contribution in [0.1, 0.15) is 31.4 Å². The number of ether oxygens (including phenoxy) is 1. The number of hydrogen-bond acceptors (Lipinski definition) is 3. The molecule has 2 aromatic carbocycles. The van der Waals surface area contributed by atoms with Gasteiger partial charge in [-0.25, -0.2) is 0 Å². The van der Waals surface area contributed by atoms with Crippen molar-refractivity contribution in [2.45, 2.75) is 39.3 Å². The highest BCUT2D eigenvalue weighted by Crippen LogP contribution is 2.17. The van der Waals surface area contributed by atoms with Gasteiger partial charge in [-0.15, -0.1) is 0 Å². The molecule has 0 bridgehead atoms. The Bertz CT molecular complexity index is 793. The summed E-state index contributed by atoms with van der Waals surface area (Å²) in [5, 5.41) is 2.88. The molecular formula is C22H27BrN2O3. The molecule has 0 aromatic heterocycles. The molecule has 5 nitrogen and oxygen atoms in total. The molecule has 0 aliphatic rings. The van der Waals surface area contributed by atoms with Crippen LogP contribution in [0.3, 0.4) is 0 Å². The molecule has 0 saturated heterocycles. The molecule has 0 fully saturated rings. The predicted octanol–water partition coefficient (Wildman–Crippen LogP) is 3.94. The maximum Gasteiger partial charge on any atom is 0.242 e. The number of nitrogens with zero attached hydrogens (tertiary/aromatic N) is 1. The first-order chi connectivity index (χ1) is 13.4. The molecule has 0 saturated carbocycles. The zero-order chi connectivity index (χ0) is 20.5. The van der Waals surface area contributed by atoms with Crippen LogP contribution in [0.4, 0.5) is 0 Å². The summed E-state index contributed by atoms with van der Waals surface area (Å²) < 4.78 is 6.11. The van der Waals surface area contributed by atoms with E-state index in [1.807, 2.05) is 55.5 Å². The average Bonchev–Trinajstić information content (AvgIpc) is 2.70. The quantitative estimate of drug-likeness (QED) is 0.634. The van der Waals surface area contributed by atoms with E-state index < -0.39 is 6.04 Å². The van der Waals surface area contributed by atoms with Crippen LogP contribution in [-0.4, -0.2) is 36.4 Å². The molecule has 28 heavy (non-hydrogen) atoms.